The minimum atomic E-state index is -0.0993. The fourth-order valence-electron chi connectivity index (χ4n) is 3.96. The smallest absolute Gasteiger partial charge is 0.246 e. The summed E-state index contributed by atoms with van der Waals surface area (Å²) in [4.78, 5) is 16.5. The Morgan fingerprint density at radius 1 is 1.24 bits per heavy atom. The van der Waals surface area contributed by atoms with E-state index in [9.17, 15) is 4.79 Å². The summed E-state index contributed by atoms with van der Waals surface area (Å²) < 4.78 is 1.60. The molecule has 0 spiro atoms. The number of amides is 1. The summed E-state index contributed by atoms with van der Waals surface area (Å²) in [7, 11) is 1.80. The van der Waals surface area contributed by atoms with Gasteiger partial charge in [-0.1, -0.05) is 31.9 Å². The lowest BCUT2D eigenvalue weighted by Crippen LogP contribution is -2.42. The van der Waals surface area contributed by atoms with E-state index in [1.165, 1.54) is 32.1 Å². The van der Waals surface area contributed by atoms with Gasteiger partial charge >= 0.3 is 0 Å². The van der Waals surface area contributed by atoms with Crippen LogP contribution < -0.4 is 16.0 Å². The van der Waals surface area contributed by atoms with Crippen LogP contribution in [-0.2, 0) is 17.9 Å². The van der Waals surface area contributed by atoms with Gasteiger partial charge in [-0.05, 0) is 48.4 Å². The summed E-state index contributed by atoms with van der Waals surface area (Å²) in [5.74, 6) is 0.718. The summed E-state index contributed by atoms with van der Waals surface area (Å²) in [6.45, 7) is 4.09. The average molecular weight is 397 g/mol. The largest absolute Gasteiger partial charge is 0.356 e. The molecule has 1 heterocycles. The van der Waals surface area contributed by atoms with Gasteiger partial charge in [-0.15, -0.1) is 0 Å². The number of carbonyl (C=O) groups excluding carboxylic acids is 1. The van der Waals surface area contributed by atoms with Gasteiger partial charge in [0, 0.05) is 38.2 Å². The SMILES string of the molecule is CCC1(CNC(=NC)NCc2cccc(NC(=O)Cn3cccn3)c2)CCCC1. The fraction of sp³-hybridized carbons (Fsp3) is 0.500. The highest BCUT2D eigenvalue weighted by Gasteiger charge is 2.31. The average Bonchev–Trinajstić information content (AvgIpc) is 3.41. The number of rotatable bonds is 8. The Bertz CT molecular complexity index is 808. The predicted octanol–water partition coefficient (Wildman–Crippen LogP) is 3.16. The van der Waals surface area contributed by atoms with Crippen molar-refractivity contribution in [3.05, 3.63) is 48.3 Å². The van der Waals surface area contributed by atoms with Crippen molar-refractivity contribution < 1.29 is 4.79 Å². The molecule has 156 valence electrons. The van der Waals surface area contributed by atoms with Gasteiger partial charge in [0.15, 0.2) is 5.96 Å². The van der Waals surface area contributed by atoms with Crippen molar-refractivity contribution in [3.63, 3.8) is 0 Å². The maximum atomic E-state index is 12.2. The lowest BCUT2D eigenvalue weighted by Gasteiger charge is -2.28. The number of nitrogens with one attached hydrogen (secondary N) is 3. The van der Waals surface area contributed by atoms with Crippen LogP contribution in [0.25, 0.3) is 0 Å². The van der Waals surface area contributed by atoms with Crippen molar-refractivity contribution in [2.24, 2.45) is 10.4 Å². The zero-order valence-electron chi connectivity index (χ0n) is 17.4. The summed E-state index contributed by atoms with van der Waals surface area (Å²) in [5.41, 5.74) is 2.27. The highest BCUT2D eigenvalue weighted by molar-refractivity contribution is 5.90. The standard InChI is InChI=1S/C22H32N6O/c1-3-22(10-4-5-11-22)17-25-21(23-2)24-15-18-8-6-9-19(14-18)27-20(29)16-28-13-7-12-26-28/h6-9,12-14H,3-5,10-11,15-17H2,1-2H3,(H,27,29)(H2,23,24,25). The number of hydrogen-bond acceptors (Lipinski definition) is 3. The van der Waals surface area contributed by atoms with Crippen LogP contribution in [0.15, 0.2) is 47.7 Å². The van der Waals surface area contributed by atoms with E-state index in [4.69, 9.17) is 0 Å². The first-order chi connectivity index (χ1) is 14.1. The number of benzene rings is 1. The molecule has 7 heteroatoms. The van der Waals surface area contributed by atoms with Gasteiger partial charge in [0.1, 0.15) is 6.54 Å². The molecular weight excluding hydrogens is 364 g/mol. The van der Waals surface area contributed by atoms with Crippen LogP contribution in [0.3, 0.4) is 0 Å². The quantitative estimate of drug-likeness (QED) is 0.473. The molecule has 7 nitrogen and oxygen atoms in total. The van der Waals surface area contributed by atoms with Crippen LogP contribution in [0.1, 0.15) is 44.6 Å². The van der Waals surface area contributed by atoms with E-state index in [-0.39, 0.29) is 12.5 Å². The van der Waals surface area contributed by atoms with Crippen LogP contribution in [0.2, 0.25) is 0 Å². The molecule has 1 fully saturated rings. The fourth-order valence-corrected chi connectivity index (χ4v) is 3.96. The Morgan fingerprint density at radius 2 is 2.07 bits per heavy atom. The second-order valence-corrected chi connectivity index (χ2v) is 7.79. The number of hydrogen-bond donors (Lipinski definition) is 3. The molecule has 29 heavy (non-hydrogen) atoms. The summed E-state index contributed by atoms with van der Waals surface area (Å²) in [6.07, 6.45) is 9.90. The van der Waals surface area contributed by atoms with Gasteiger partial charge < -0.3 is 16.0 Å². The van der Waals surface area contributed by atoms with Gasteiger partial charge in [-0.3, -0.25) is 14.5 Å². The Hall–Kier alpha value is -2.83. The molecule has 1 aromatic carbocycles. The first kappa shape index (κ1) is 20.9. The third-order valence-corrected chi connectivity index (χ3v) is 5.80. The first-order valence-corrected chi connectivity index (χ1v) is 10.4. The molecule has 1 aliphatic rings. The Balaban J connectivity index is 1.49. The van der Waals surface area contributed by atoms with E-state index in [2.05, 4.69) is 33.0 Å². The van der Waals surface area contributed by atoms with Crippen LogP contribution in [0.5, 0.6) is 0 Å². The van der Waals surface area contributed by atoms with Gasteiger partial charge in [0.25, 0.3) is 0 Å². The lowest BCUT2D eigenvalue weighted by molar-refractivity contribution is -0.116. The van der Waals surface area contributed by atoms with Crippen molar-refractivity contribution in [2.45, 2.75) is 52.1 Å². The maximum absolute atomic E-state index is 12.2. The summed E-state index contributed by atoms with van der Waals surface area (Å²) >= 11 is 0. The molecule has 0 unspecified atom stereocenters. The molecule has 1 aliphatic carbocycles. The molecule has 1 aromatic heterocycles. The Labute approximate surface area is 173 Å². The van der Waals surface area contributed by atoms with Crippen molar-refractivity contribution in [1.29, 1.82) is 0 Å². The van der Waals surface area contributed by atoms with E-state index >= 15 is 0 Å². The third-order valence-electron chi connectivity index (χ3n) is 5.80. The monoisotopic (exact) mass is 396 g/mol. The topological polar surface area (TPSA) is 83.3 Å². The molecule has 0 aliphatic heterocycles. The van der Waals surface area contributed by atoms with E-state index < -0.39 is 0 Å². The van der Waals surface area contributed by atoms with Crippen LogP contribution >= 0.6 is 0 Å². The highest BCUT2D eigenvalue weighted by atomic mass is 16.2. The van der Waals surface area contributed by atoms with E-state index in [1.807, 2.05) is 24.3 Å². The zero-order chi connectivity index (χ0) is 20.5. The summed E-state index contributed by atoms with van der Waals surface area (Å²) in [5, 5.41) is 13.9. The first-order valence-electron chi connectivity index (χ1n) is 10.4. The maximum Gasteiger partial charge on any atom is 0.246 e. The summed E-state index contributed by atoms with van der Waals surface area (Å²) in [6, 6.07) is 9.65. The Kier molecular flexibility index (Phi) is 7.27. The van der Waals surface area contributed by atoms with E-state index in [0.29, 0.717) is 12.0 Å². The van der Waals surface area contributed by atoms with Crippen molar-refractivity contribution in [1.82, 2.24) is 20.4 Å². The zero-order valence-corrected chi connectivity index (χ0v) is 17.4. The number of aromatic nitrogens is 2. The molecule has 2 aromatic rings. The molecule has 3 N–H and O–H groups in total. The molecular formula is C22H32N6O. The minimum absolute atomic E-state index is 0.0993. The van der Waals surface area contributed by atoms with Gasteiger partial charge in [0.2, 0.25) is 5.91 Å². The number of nitrogens with zero attached hydrogens (tertiary/aromatic N) is 3. The molecule has 1 saturated carbocycles. The van der Waals surface area contributed by atoms with E-state index in [0.717, 1.165) is 23.8 Å². The number of anilines is 1. The Morgan fingerprint density at radius 3 is 2.76 bits per heavy atom. The molecule has 0 radical (unpaired) electrons. The van der Waals surface area contributed by atoms with Crippen molar-refractivity contribution in [3.8, 4) is 0 Å². The predicted molar refractivity (Wildman–Crippen MR) is 117 cm³/mol. The normalized spacial score (nSPS) is 15.9. The molecule has 0 bridgehead atoms. The molecule has 0 saturated heterocycles. The van der Waals surface area contributed by atoms with Crippen LogP contribution in [0.4, 0.5) is 5.69 Å². The highest BCUT2D eigenvalue weighted by Crippen LogP contribution is 2.40. The van der Waals surface area contributed by atoms with Crippen molar-refractivity contribution in [2.75, 3.05) is 18.9 Å². The van der Waals surface area contributed by atoms with Crippen LogP contribution in [0, 0.1) is 5.41 Å². The third kappa shape index (κ3) is 6.07. The second kappa shape index (κ2) is 10.1. The van der Waals surface area contributed by atoms with Gasteiger partial charge in [-0.2, -0.15) is 5.10 Å². The van der Waals surface area contributed by atoms with E-state index in [1.54, 1.807) is 30.2 Å². The van der Waals surface area contributed by atoms with Gasteiger partial charge in [-0.25, -0.2) is 0 Å². The minimum Gasteiger partial charge on any atom is -0.356 e. The van der Waals surface area contributed by atoms with Crippen molar-refractivity contribution >= 4 is 17.6 Å². The molecule has 3 rings (SSSR count). The molecule has 0 atom stereocenters. The second-order valence-electron chi connectivity index (χ2n) is 7.79. The number of carbonyl (C=O) groups is 1. The van der Waals surface area contributed by atoms with Crippen LogP contribution in [-0.4, -0.2) is 35.2 Å². The molecule has 1 amide bonds. The van der Waals surface area contributed by atoms with Gasteiger partial charge in [0.05, 0.1) is 0 Å². The lowest BCUT2D eigenvalue weighted by atomic mass is 9.83. The number of guanidine groups is 1. The number of aliphatic imine (C=N–C) groups is 1.